The summed E-state index contributed by atoms with van der Waals surface area (Å²) in [7, 11) is -3.76. The third-order valence-corrected chi connectivity index (χ3v) is 5.43. The molecule has 0 aliphatic rings. The molecule has 0 bridgehead atoms. The van der Waals surface area contributed by atoms with Gasteiger partial charge in [0.25, 0.3) is 10.0 Å². The maximum Gasteiger partial charge on any atom is 0.261 e. The Bertz CT molecular complexity index is 966. The van der Waals surface area contributed by atoms with Crippen molar-refractivity contribution < 1.29 is 12.8 Å². The van der Waals surface area contributed by atoms with Crippen molar-refractivity contribution in [1.82, 2.24) is 0 Å². The Kier molecular flexibility index (Phi) is 4.58. The molecule has 1 aromatic heterocycles. The number of hydrogen-bond donors (Lipinski definition) is 1. The predicted octanol–water partition coefficient (Wildman–Crippen LogP) is 5.36. The highest BCUT2D eigenvalue weighted by atomic mass is 35.5. The van der Waals surface area contributed by atoms with E-state index in [0.717, 1.165) is 5.56 Å². The third-order valence-electron chi connectivity index (χ3n) is 3.42. The predicted molar refractivity (Wildman–Crippen MR) is 96.2 cm³/mol. The summed E-state index contributed by atoms with van der Waals surface area (Å²) in [6.45, 7) is 1.88. The van der Waals surface area contributed by atoms with Gasteiger partial charge in [0.05, 0.1) is 26.9 Å². The van der Waals surface area contributed by atoms with E-state index in [1.165, 1.54) is 24.5 Å². The Labute approximate surface area is 150 Å². The zero-order chi connectivity index (χ0) is 17.3. The summed E-state index contributed by atoms with van der Waals surface area (Å²) in [6.07, 6.45) is 1.51. The van der Waals surface area contributed by atoms with Gasteiger partial charge in [-0.15, -0.1) is 0 Å². The Balaban J connectivity index is 2.00. The van der Waals surface area contributed by atoms with Crippen LogP contribution in [0.15, 0.2) is 64.1 Å². The van der Waals surface area contributed by atoms with E-state index in [2.05, 4.69) is 4.72 Å². The van der Waals surface area contributed by atoms with Crippen molar-refractivity contribution in [2.24, 2.45) is 0 Å². The van der Waals surface area contributed by atoms with Gasteiger partial charge in [0.1, 0.15) is 5.76 Å². The third kappa shape index (κ3) is 3.43. The molecule has 4 nitrogen and oxygen atoms in total. The van der Waals surface area contributed by atoms with Crippen LogP contribution in [-0.4, -0.2) is 8.42 Å². The lowest BCUT2D eigenvalue weighted by atomic mass is 10.1. The molecule has 1 heterocycles. The standard InChI is InChI=1S/C17H13Cl2NO3S/c1-11-4-6-12(7-5-11)24(21,22)20-16-9-13(14(18)10-15(16)19)17-3-2-8-23-17/h2-10,20H,1H3. The Hall–Kier alpha value is -1.95. The summed E-state index contributed by atoms with van der Waals surface area (Å²) in [4.78, 5) is 0.152. The van der Waals surface area contributed by atoms with Crippen molar-refractivity contribution in [2.45, 2.75) is 11.8 Å². The highest BCUT2D eigenvalue weighted by molar-refractivity contribution is 7.92. The zero-order valence-electron chi connectivity index (χ0n) is 12.6. The van der Waals surface area contributed by atoms with Gasteiger partial charge in [-0.2, -0.15) is 0 Å². The summed E-state index contributed by atoms with van der Waals surface area (Å²) in [6, 6.07) is 13.0. The van der Waals surface area contributed by atoms with E-state index in [4.69, 9.17) is 27.6 Å². The first-order valence-corrected chi connectivity index (χ1v) is 9.23. The first-order chi connectivity index (χ1) is 11.4. The van der Waals surface area contributed by atoms with E-state index < -0.39 is 10.0 Å². The SMILES string of the molecule is Cc1ccc(S(=O)(=O)Nc2cc(-c3ccco3)c(Cl)cc2Cl)cc1. The van der Waals surface area contributed by atoms with Crippen LogP contribution < -0.4 is 4.72 Å². The van der Waals surface area contributed by atoms with Gasteiger partial charge < -0.3 is 4.42 Å². The molecule has 3 aromatic rings. The molecule has 0 atom stereocenters. The highest BCUT2D eigenvalue weighted by Gasteiger charge is 2.18. The van der Waals surface area contributed by atoms with E-state index in [9.17, 15) is 8.42 Å². The van der Waals surface area contributed by atoms with Crippen molar-refractivity contribution in [3.8, 4) is 11.3 Å². The van der Waals surface area contributed by atoms with Gasteiger partial charge in [-0.25, -0.2) is 8.42 Å². The molecular formula is C17H13Cl2NO3S. The molecule has 0 radical (unpaired) electrons. The van der Waals surface area contributed by atoms with Crippen LogP contribution >= 0.6 is 23.2 Å². The van der Waals surface area contributed by atoms with E-state index in [-0.39, 0.29) is 15.6 Å². The van der Waals surface area contributed by atoms with Crippen LogP contribution in [0, 0.1) is 6.92 Å². The Morgan fingerprint density at radius 2 is 1.71 bits per heavy atom. The normalized spacial score (nSPS) is 11.5. The lowest BCUT2D eigenvalue weighted by molar-refractivity contribution is 0.582. The molecule has 0 fully saturated rings. The van der Waals surface area contributed by atoms with E-state index >= 15 is 0 Å². The van der Waals surface area contributed by atoms with Crippen LogP contribution in [0.5, 0.6) is 0 Å². The lowest BCUT2D eigenvalue weighted by Crippen LogP contribution is -2.13. The largest absolute Gasteiger partial charge is 0.464 e. The fraction of sp³-hybridized carbons (Fsp3) is 0.0588. The van der Waals surface area contributed by atoms with Gasteiger partial charge in [0.15, 0.2) is 0 Å². The average molecular weight is 382 g/mol. The molecule has 1 N–H and O–H groups in total. The maximum atomic E-state index is 12.5. The first-order valence-electron chi connectivity index (χ1n) is 6.99. The molecule has 0 aliphatic heterocycles. The number of aryl methyl sites for hydroxylation is 1. The van der Waals surface area contributed by atoms with E-state index in [0.29, 0.717) is 16.3 Å². The second-order valence-electron chi connectivity index (χ2n) is 5.21. The number of benzene rings is 2. The van der Waals surface area contributed by atoms with E-state index in [1.807, 2.05) is 6.92 Å². The average Bonchev–Trinajstić information content (AvgIpc) is 3.04. The summed E-state index contributed by atoms with van der Waals surface area (Å²) in [5.41, 5.74) is 1.75. The van der Waals surface area contributed by atoms with Crippen LogP contribution in [0.2, 0.25) is 10.0 Å². The smallest absolute Gasteiger partial charge is 0.261 e. The van der Waals surface area contributed by atoms with Crippen molar-refractivity contribution in [3.05, 3.63) is 70.4 Å². The van der Waals surface area contributed by atoms with Gasteiger partial charge in [-0.3, -0.25) is 4.72 Å². The summed E-state index contributed by atoms with van der Waals surface area (Å²) >= 11 is 12.3. The number of sulfonamides is 1. The minimum Gasteiger partial charge on any atom is -0.464 e. The molecular weight excluding hydrogens is 369 g/mol. The topological polar surface area (TPSA) is 59.3 Å². The summed E-state index contributed by atoms with van der Waals surface area (Å²) in [5, 5.41) is 0.569. The zero-order valence-corrected chi connectivity index (χ0v) is 14.9. The fourth-order valence-electron chi connectivity index (χ4n) is 2.17. The van der Waals surface area contributed by atoms with Crippen LogP contribution in [-0.2, 0) is 10.0 Å². The monoisotopic (exact) mass is 381 g/mol. The van der Waals surface area contributed by atoms with Crippen molar-refractivity contribution in [3.63, 3.8) is 0 Å². The summed E-state index contributed by atoms with van der Waals surface area (Å²) < 4.78 is 32.9. The number of anilines is 1. The molecule has 0 saturated carbocycles. The first kappa shape index (κ1) is 16.9. The number of halogens is 2. The van der Waals surface area contributed by atoms with Gasteiger partial charge in [0.2, 0.25) is 0 Å². The number of furan rings is 1. The minimum absolute atomic E-state index is 0.152. The molecule has 124 valence electrons. The van der Waals surface area contributed by atoms with Gasteiger partial charge in [-0.05, 0) is 43.3 Å². The highest BCUT2D eigenvalue weighted by Crippen LogP contribution is 2.36. The molecule has 2 aromatic carbocycles. The van der Waals surface area contributed by atoms with Gasteiger partial charge >= 0.3 is 0 Å². The van der Waals surface area contributed by atoms with Crippen molar-refractivity contribution in [1.29, 1.82) is 0 Å². The molecule has 7 heteroatoms. The van der Waals surface area contributed by atoms with Crippen LogP contribution in [0.4, 0.5) is 5.69 Å². The molecule has 0 amide bonds. The van der Waals surface area contributed by atoms with Crippen LogP contribution in [0.3, 0.4) is 0 Å². The number of nitrogens with one attached hydrogen (secondary N) is 1. The summed E-state index contributed by atoms with van der Waals surface area (Å²) in [5.74, 6) is 0.521. The minimum atomic E-state index is -3.76. The van der Waals surface area contributed by atoms with Crippen LogP contribution in [0.25, 0.3) is 11.3 Å². The molecule has 0 saturated heterocycles. The fourth-order valence-corrected chi connectivity index (χ4v) is 3.82. The number of rotatable bonds is 4. The Morgan fingerprint density at radius 1 is 1.00 bits per heavy atom. The quantitative estimate of drug-likeness (QED) is 0.661. The second kappa shape index (κ2) is 6.51. The van der Waals surface area contributed by atoms with Crippen LogP contribution in [0.1, 0.15) is 5.56 Å². The second-order valence-corrected chi connectivity index (χ2v) is 7.70. The van der Waals surface area contributed by atoms with Crippen molar-refractivity contribution in [2.75, 3.05) is 4.72 Å². The number of hydrogen-bond acceptors (Lipinski definition) is 3. The van der Waals surface area contributed by atoms with E-state index in [1.54, 1.807) is 30.3 Å². The molecule has 24 heavy (non-hydrogen) atoms. The molecule has 3 rings (SSSR count). The molecule has 0 spiro atoms. The van der Waals surface area contributed by atoms with Crippen molar-refractivity contribution >= 4 is 38.9 Å². The van der Waals surface area contributed by atoms with Gasteiger partial charge in [-0.1, -0.05) is 40.9 Å². The Morgan fingerprint density at radius 3 is 2.33 bits per heavy atom. The maximum absolute atomic E-state index is 12.5. The lowest BCUT2D eigenvalue weighted by Gasteiger charge is -2.12. The molecule has 0 unspecified atom stereocenters. The van der Waals surface area contributed by atoms with Gasteiger partial charge in [0, 0.05) is 5.56 Å². The molecule has 0 aliphatic carbocycles.